The van der Waals surface area contributed by atoms with Crippen LogP contribution >= 0.6 is 0 Å². The van der Waals surface area contributed by atoms with Crippen molar-refractivity contribution in [3.8, 4) is 11.7 Å². The summed E-state index contributed by atoms with van der Waals surface area (Å²) in [5.41, 5.74) is 3.27. The Balaban J connectivity index is 2.31. The molecule has 0 spiro atoms. The molecule has 0 atom stereocenters. The lowest BCUT2D eigenvalue weighted by Gasteiger charge is -2.03. The number of hydrogen-bond acceptors (Lipinski definition) is 3. The molecule has 3 rings (SSSR count). The molecule has 0 aliphatic rings. The Morgan fingerprint density at radius 1 is 1.17 bits per heavy atom. The number of imidazole rings is 1. The standard InChI is InChI=1S/C13H14N4O/c1-8-12(18)9(2)17(15-8)13-14-10-6-4-5-7-11(10)16(13)3/h4-7,18H,1-3H3. The number of aromatic hydroxyl groups is 1. The summed E-state index contributed by atoms with van der Waals surface area (Å²) in [5, 5.41) is 14.2. The van der Waals surface area contributed by atoms with E-state index < -0.39 is 0 Å². The molecule has 18 heavy (non-hydrogen) atoms. The van der Waals surface area contributed by atoms with E-state index in [-0.39, 0.29) is 5.75 Å². The zero-order valence-electron chi connectivity index (χ0n) is 10.5. The molecule has 0 aliphatic heterocycles. The number of para-hydroxylation sites is 2. The van der Waals surface area contributed by atoms with Crippen LogP contribution in [0.3, 0.4) is 0 Å². The fraction of sp³-hybridized carbons (Fsp3) is 0.231. The monoisotopic (exact) mass is 242 g/mol. The van der Waals surface area contributed by atoms with Gasteiger partial charge >= 0.3 is 0 Å². The summed E-state index contributed by atoms with van der Waals surface area (Å²) >= 11 is 0. The molecule has 5 heteroatoms. The minimum absolute atomic E-state index is 0.224. The van der Waals surface area contributed by atoms with Crippen molar-refractivity contribution in [2.75, 3.05) is 0 Å². The summed E-state index contributed by atoms with van der Waals surface area (Å²) in [5.74, 6) is 0.930. The summed E-state index contributed by atoms with van der Waals surface area (Å²) in [4.78, 5) is 4.55. The van der Waals surface area contributed by atoms with Gasteiger partial charge in [0, 0.05) is 7.05 Å². The van der Waals surface area contributed by atoms with Crippen LogP contribution in [0.1, 0.15) is 11.4 Å². The van der Waals surface area contributed by atoms with Gasteiger partial charge in [-0.3, -0.25) is 0 Å². The predicted molar refractivity (Wildman–Crippen MR) is 69.0 cm³/mol. The lowest BCUT2D eigenvalue weighted by Crippen LogP contribution is -2.06. The molecule has 0 fully saturated rings. The molecule has 5 nitrogen and oxygen atoms in total. The van der Waals surface area contributed by atoms with Crippen molar-refractivity contribution in [2.45, 2.75) is 13.8 Å². The number of aromatic nitrogens is 4. The highest BCUT2D eigenvalue weighted by Crippen LogP contribution is 2.24. The first-order valence-electron chi connectivity index (χ1n) is 5.76. The summed E-state index contributed by atoms with van der Waals surface area (Å²) in [6.07, 6.45) is 0. The number of hydrogen-bond donors (Lipinski definition) is 1. The number of aryl methyl sites for hydroxylation is 2. The quantitative estimate of drug-likeness (QED) is 0.710. The summed E-state index contributed by atoms with van der Waals surface area (Å²) in [6, 6.07) is 7.91. The van der Waals surface area contributed by atoms with E-state index in [9.17, 15) is 5.11 Å². The van der Waals surface area contributed by atoms with Crippen molar-refractivity contribution in [3.05, 3.63) is 35.7 Å². The van der Waals surface area contributed by atoms with Crippen molar-refractivity contribution in [1.29, 1.82) is 0 Å². The second-order valence-electron chi connectivity index (χ2n) is 4.39. The Morgan fingerprint density at radius 3 is 2.50 bits per heavy atom. The van der Waals surface area contributed by atoms with Crippen LogP contribution in [0.5, 0.6) is 5.75 Å². The third-order valence-corrected chi connectivity index (χ3v) is 3.21. The van der Waals surface area contributed by atoms with Crippen LogP contribution < -0.4 is 0 Å². The van der Waals surface area contributed by atoms with Crippen LogP contribution in [0.4, 0.5) is 0 Å². The molecule has 0 radical (unpaired) electrons. The third kappa shape index (κ3) is 1.33. The van der Waals surface area contributed by atoms with Crippen LogP contribution in [0, 0.1) is 13.8 Å². The van der Waals surface area contributed by atoms with Gasteiger partial charge in [-0.25, -0.2) is 9.67 Å². The van der Waals surface area contributed by atoms with Crippen molar-refractivity contribution in [3.63, 3.8) is 0 Å². The first-order chi connectivity index (χ1) is 8.59. The molecular weight excluding hydrogens is 228 g/mol. The van der Waals surface area contributed by atoms with E-state index in [0.717, 1.165) is 11.0 Å². The second kappa shape index (κ2) is 3.60. The minimum atomic E-state index is 0.224. The van der Waals surface area contributed by atoms with Gasteiger partial charge in [0.05, 0.1) is 16.7 Å². The molecule has 0 amide bonds. The van der Waals surface area contributed by atoms with E-state index in [0.29, 0.717) is 17.3 Å². The van der Waals surface area contributed by atoms with Gasteiger partial charge < -0.3 is 9.67 Å². The normalized spacial score (nSPS) is 11.3. The van der Waals surface area contributed by atoms with Crippen molar-refractivity contribution >= 4 is 11.0 Å². The largest absolute Gasteiger partial charge is 0.504 e. The molecule has 0 saturated carbocycles. The molecule has 1 N–H and O–H groups in total. The first-order valence-corrected chi connectivity index (χ1v) is 5.76. The second-order valence-corrected chi connectivity index (χ2v) is 4.39. The van der Waals surface area contributed by atoms with Crippen molar-refractivity contribution in [2.24, 2.45) is 7.05 Å². The predicted octanol–water partition coefficient (Wildman–Crippen LogP) is 2.08. The van der Waals surface area contributed by atoms with Crippen LogP contribution in [0.25, 0.3) is 17.0 Å². The number of benzene rings is 1. The molecule has 0 aliphatic carbocycles. The van der Waals surface area contributed by atoms with Gasteiger partial charge in [0.15, 0.2) is 5.75 Å². The van der Waals surface area contributed by atoms with Gasteiger partial charge in [-0.1, -0.05) is 12.1 Å². The van der Waals surface area contributed by atoms with E-state index >= 15 is 0 Å². The van der Waals surface area contributed by atoms with Gasteiger partial charge in [-0.2, -0.15) is 5.10 Å². The van der Waals surface area contributed by atoms with E-state index in [1.54, 1.807) is 11.6 Å². The summed E-state index contributed by atoms with van der Waals surface area (Å²) in [7, 11) is 1.94. The maximum atomic E-state index is 9.83. The van der Waals surface area contributed by atoms with Crippen molar-refractivity contribution in [1.82, 2.24) is 19.3 Å². The fourth-order valence-corrected chi connectivity index (χ4v) is 2.15. The van der Waals surface area contributed by atoms with Gasteiger partial charge in [0.1, 0.15) is 5.69 Å². The third-order valence-electron chi connectivity index (χ3n) is 3.21. The SMILES string of the molecule is Cc1nn(-c2nc3ccccc3n2C)c(C)c1O. The Bertz CT molecular complexity index is 739. The average Bonchev–Trinajstić information content (AvgIpc) is 2.83. The highest BCUT2D eigenvalue weighted by atomic mass is 16.3. The average molecular weight is 242 g/mol. The molecule has 0 saturated heterocycles. The number of rotatable bonds is 1. The molecule has 92 valence electrons. The van der Waals surface area contributed by atoms with E-state index in [1.807, 2.05) is 42.8 Å². The van der Waals surface area contributed by atoms with Crippen LogP contribution in [0.2, 0.25) is 0 Å². The first kappa shape index (κ1) is 10.8. The topological polar surface area (TPSA) is 55.9 Å². The van der Waals surface area contributed by atoms with Crippen LogP contribution in [-0.4, -0.2) is 24.4 Å². The zero-order chi connectivity index (χ0) is 12.9. The van der Waals surface area contributed by atoms with Gasteiger partial charge in [-0.05, 0) is 26.0 Å². The highest BCUT2D eigenvalue weighted by Gasteiger charge is 2.16. The lowest BCUT2D eigenvalue weighted by atomic mass is 10.3. The number of nitrogens with zero attached hydrogens (tertiary/aromatic N) is 4. The molecule has 2 heterocycles. The highest BCUT2D eigenvalue weighted by molar-refractivity contribution is 5.77. The van der Waals surface area contributed by atoms with E-state index in [4.69, 9.17) is 0 Å². The fourth-order valence-electron chi connectivity index (χ4n) is 2.15. The van der Waals surface area contributed by atoms with Gasteiger partial charge in [0.2, 0.25) is 5.95 Å². The Morgan fingerprint density at radius 2 is 1.89 bits per heavy atom. The zero-order valence-corrected chi connectivity index (χ0v) is 10.5. The van der Waals surface area contributed by atoms with E-state index in [1.165, 1.54) is 0 Å². The molecular formula is C13H14N4O. The Labute approximate surface area is 104 Å². The Kier molecular flexibility index (Phi) is 2.16. The molecule has 0 unspecified atom stereocenters. The van der Waals surface area contributed by atoms with Crippen LogP contribution in [0.15, 0.2) is 24.3 Å². The maximum absolute atomic E-state index is 9.83. The van der Waals surface area contributed by atoms with Crippen LogP contribution in [-0.2, 0) is 7.05 Å². The number of fused-ring (bicyclic) bond motifs is 1. The molecule has 1 aromatic carbocycles. The van der Waals surface area contributed by atoms with Crippen molar-refractivity contribution < 1.29 is 5.11 Å². The lowest BCUT2D eigenvalue weighted by molar-refractivity contribution is 0.466. The maximum Gasteiger partial charge on any atom is 0.231 e. The smallest absolute Gasteiger partial charge is 0.231 e. The molecule has 0 bridgehead atoms. The summed E-state index contributed by atoms with van der Waals surface area (Å²) < 4.78 is 3.64. The molecule has 3 aromatic rings. The van der Waals surface area contributed by atoms with E-state index in [2.05, 4.69) is 10.1 Å². The molecule has 2 aromatic heterocycles. The minimum Gasteiger partial charge on any atom is -0.504 e. The van der Waals surface area contributed by atoms with Gasteiger partial charge in [-0.15, -0.1) is 0 Å². The Hall–Kier alpha value is -2.30. The summed E-state index contributed by atoms with van der Waals surface area (Å²) in [6.45, 7) is 3.61. The van der Waals surface area contributed by atoms with Gasteiger partial charge in [0.25, 0.3) is 0 Å².